The van der Waals surface area contributed by atoms with Crippen molar-refractivity contribution in [3.05, 3.63) is 180 Å². The van der Waals surface area contributed by atoms with Gasteiger partial charge < -0.3 is 117 Å². The van der Waals surface area contributed by atoms with E-state index >= 15 is 0 Å². The third-order valence-electron chi connectivity index (χ3n) is 13.2. The van der Waals surface area contributed by atoms with E-state index in [-0.39, 0.29) is 421 Å². The van der Waals surface area contributed by atoms with Crippen LogP contribution in [0.5, 0.6) is 0 Å². The van der Waals surface area contributed by atoms with Gasteiger partial charge in [0.2, 0.25) is 0 Å². The molecule has 43 heteroatoms. The van der Waals surface area contributed by atoms with Gasteiger partial charge in [0.1, 0.15) is 0 Å². The molecule has 0 aliphatic heterocycles. The minimum absolute atomic E-state index is 0. The monoisotopic (exact) mass is 3180 g/mol. The summed E-state index contributed by atoms with van der Waals surface area (Å²) in [6.07, 6.45) is 35.0. The zero-order chi connectivity index (χ0) is 65.4. The average molecular weight is 3180 g/mol. The maximum Gasteiger partial charge on any atom is 0.0767 e. The zero-order valence-corrected chi connectivity index (χ0v) is 102. The molecule has 0 spiro atoms. The maximum atomic E-state index is 11.5. The Hall–Kier alpha value is 2.20. The van der Waals surface area contributed by atoms with E-state index in [1.165, 1.54) is 4.57 Å². The van der Waals surface area contributed by atoms with Crippen LogP contribution in [0.15, 0.2) is 41.3 Å². The summed E-state index contributed by atoms with van der Waals surface area (Å²) in [6.45, 7) is 15.1. The third-order valence-corrected chi connectivity index (χ3v) is 13.2. The molecule has 0 bridgehead atoms. The molecule has 0 fully saturated rings. The molecular formula is C61H54N27OW7Y8-15. The van der Waals surface area contributed by atoms with Crippen LogP contribution in [-0.2, 0) is 466 Å². The van der Waals surface area contributed by atoms with Crippen molar-refractivity contribution in [1.29, 1.82) is 0 Å². The van der Waals surface area contributed by atoms with Gasteiger partial charge in [-0.3, -0.25) is 9.78 Å². The van der Waals surface area contributed by atoms with Gasteiger partial charge in [-0.25, -0.2) is 0 Å². The van der Waals surface area contributed by atoms with Crippen LogP contribution < -0.4 is 5.43 Å². The molecule has 0 N–H and O–H groups in total. The largest absolute Gasteiger partial charge is 0.454 e. The molecule has 0 aliphatic carbocycles. The summed E-state index contributed by atoms with van der Waals surface area (Å²) in [5, 5.41) is 13.7. The molecule has 0 unspecified atom stereocenters. The van der Waals surface area contributed by atoms with E-state index in [0.29, 0.717) is 28.4 Å². The molecule has 28 nitrogen and oxygen atoms in total. The van der Waals surface area contributed by atoms with Crippen LogP contribution in [-0.4, -0.2) is 132 Å². The van der Waals surface area contributed by atoms with E-state index in [1.54, 1.807) is 51.1 Å². The quantitative estimate of drug-likeness (QED) is 0.187. The Morgan fingerprint density at radius 2 is 0.837 bits per heavy atom. The van der Waals surface area contributed by atoms with Gasteiger partial charge in [0.15, 0.2) is 0 Å². The van der Waals surface area contributed by atoms with Gasteiger partial charge in [0.25, 0.3) is 0 Å². The van der Waals surface area contributed by atoms with Crippen LogP contribution in [0.4, 0.5) is 0 Å². The summed E-state index contributed by atoms with van der Waals surface area (Å²) in [5.41, 5.74) is 17.5. The smallest absolute Gasteiger partial charge is 0.0767 e. The summed E-state index contributed by atoms with van der Waals surface area (Å²) in [4.78, 5) is 74.7. The fourth-order valence-electron chi connectivity index (χ4n) is 8.28. The second-order valence-electron chi connectivity index (χ2n) is 19.6. The van der Waals surface area contributed by atoms with Crippen LogP contribution in [0.25, 0.3) is 88.7 Å². The SMILES string of the molecule is Cc1c[c-]cc2c1n[c-]n2C.Cc1c[c-]nc2c1n[c-]n2C.Cc1n[c-]cc2c1n[c-]n2C.Cc1n[c-]nc2c1[c-]nn2C.Cc1n[c-]nc2c1n[c-]n2C.Cc1n[c-]nc2c1nnn2C.[3H][c-]1c(=O)c2c(C)n[c-]nc2n1C.[3H]c1[c-]n(C)c2n[c-]nc(C)c12.[W].[W].[W].[W].[W].[W].[W].[Y].[Y].[Y].[Y].[Y].[Y].[Y].[Y]. The summed E-state index contributed by atoms with van der Waals surface area (Å²) in [7, 11) is 14.6. The molecule has 104 heavy (non-hydrogen) atoms. The number of pyridine rings is 2. The summed E-state index contributed by atoms with van der Waals surface area (Å²) in [5.74, 6) is 0. The second kappa shape index (κ2) is 58.1. The molecule has 16 rings (SSSR count). The standard InChI is InChI=1S/C9H8N2.C8H7N3O.3C8H7N3.2C7H6N4.C6H6N5.7W.8Y/c1-7-4-3-5-8-9(7)10-6-11(8)2;1-5-7-6(12)3-11(2)8(7)10-4-9-5;1-6-8-7(3-4-9-6)11(2)5-10-8;1-6-7-3-4-11(2)8(7)10-5-9-6;1-6-3-4-9-8-7(6)10-5-11(8)2;1-5-6-7(9-3-8-5)11(2)4-10-6;1-5-6-3-10-11(2)7(6)9-4-8-5;1-4-5-6(8-3-7-4)11(2)10-9-5;;;;;;;;;;;;;;;/h4-5H,1-2H3;3H,1-2H3;3*3H,1-2H3;3*1-2H3;;;;;;;;;;;;;;;/q7*-2;-1;;;;;;;;;;;;;;;/i;3T;;3T;;;;;;;;;;;;;;;;;;;. The Morgan fingerprint density at radius 3 is 1.37 bits per heavy atom. The Bertz CT molecular complexity index is 4720. The first-order valence-corrected chi connectivity index (χ1v) is 26.7. The van der Waals surface area contributed by atoms with E-state index < -0.39 is 0 Å². The van der Waals surface area contributed by atoms with Crippen molar-refractivity contribution in [3.63, 3.8) is 0 Å². The van der Waals surface area contributed by atoms with E-state index in [1.807, 2.05) is 117 Å². The third kappa shape index (κ3) is 31.0. The van der Waals surface area contributed by atoms with Crippen molar-refractivity contribution in [2.45, 2.75) is 55.4 Å². The predicted octanol–water partition coefficient (Wildman–Crippen LogP) is 4.64. The molecule has 0 saturated heterocycles. The summed E-state index contributed by atoms with van der Waals surface area (Å²) < 4.78 is 28.6. The Morgan fingerprint density at radius 1 is 0.394 bits per heavy atom. The zero-order valence-electron chi connectivity index (χ0n) is 60.8. The van der Waals surface area contributed by atoms with Crippen molar-refractivity contribution in [2.24, 2.45) is 56.4 Å². The molecule has 0 saturated carbocycles. The Kier molecular flexibility index (Phi) is 64.1. The number of hydrogen-bond donors (Lipinski definition) is 0. The molecular weight excluding hydrogens is 3120 g/mol. The molecule has 15 heterocycles. The first-order valence-electron chi connectivity index (χ1n) is 27.7. The van der Waals surface area contributed by atoms with Crippen molar-refractivity contribution in [3.8, 4) is 0 Å². The fourth-order valence-corrected chi connectivity index (χ4v) is 8.28. The minimum Gasteiger partial charge on any atom is -0.454 e. The number of imidazole rings is 4. The molecule has 8 radical (unpaired) electrons. The normalized spacial score (nSPS) is 9.46. The molecule has 0 aliphatic rings. The first kappa shape index (κ1) is 115. The van der Waals surface area contributed by atoms with Gasteiger partial charge in [-0.15, -0.1) is 73.4 Å². The van der Waals surface area contributed by atoms with Crippen LogP contribution in [0.1, 0.15) is 48.0 Å². The van der Waals surface area contributed by atoms with Gasteiger partial charge in [0, 0.05) is 493 Å². The van der Waals surface area contributed by atoms with E-state index in [4.69, 9.17) is 2.74 Å². The molecule has 0 atom stereocenters. The first-order chi connectivity index (χ1) is 43.6. The van der Waals surface area contributed by atoms with Crippen molar-refractivity contribution >= 4 is 88.7 Å². The topological polar surface area (TPSA) is 301 Å². The minimum atomic E-state index is -0.316. The van der Waals surface area contributed by atoms with E-state index in [2.05, 4.69) is 183 Å². The van der Waals surface area contributed by atoms with Crippen molar-refractivity contribution in [1.82, 2.24) is 132 Å². The van der Waals surface area contributed by atoms with Crippen LogP contribution in [0, 0.1) is 143 Å². The number of aromatic nitrogens is 27. The summed E-state index contributed by atoms with van der Waals surface area (Å²) in [6, 6.07) is 10.9. The number of rotatable bonds is 0. The van der Waals surface area contributed by atoms with E-state index in [0.717, 1.165) is 112 Å². The van der Waals surface area contributed by atoms with Gasteiger partial charge in [-0.05, 0) is 78.1 Å². The van der Waals surface area contributed by atoms with Crippen LogP contribution in [0.3, 0.4) is 0 Å². The van der Waals surface area contributed by atoms with Crippen molar-refractivity contribution < 1.29 is 412 Å². The van der Waals surface area contributed by atoms with Crippen molar-refractivity contribution in [2.75, 3.05) is 0 Å². The number of aryl methyl sites for hydroxylation is 16. The average Bonchev–Trinajstić information content (AvgIpc) is 1.65. The molecule has 15 aromatic heterocycles. The number of benzene rings is 1. The van der Waals surface area contributed by atoms with Gasteiger partial charge in [-0.1, -0.05) is 90.4 Å². The molecule has 0 amide bonds. The Balaban J connectivity index is -0.000000207. The molecule has 16 aromatic rings. The number of nitrogens with zero attached hydrogens (tertiary/aromatic N) is 27. The predicted molar refractivity (Wildman–Crippen MR) is 325 cm³/mol. The molecule has 520 valence electrons. The van der Waals surface area contributed by atoms with Gasteiger partial charge >= 0.3 is 0 Å². The Labute approximate surface area is 906 Å². The second-order valence-corrected chi connectivity index (χ2v) is 19.6. The van der Waals surface area contributed by atoms with Gasteiger partial charge in [0.05, 0.1) is 11.1 Å². The van der Waals surface area contributed by atoms with Gasteiger partial charge in [-0.2, -0.15) is 51.9 Å². The number of hydrogen-bond acceptors (Lipinski definition) is 20. The molecule has 1 aromatic carbocycles. The number of fused-ring (bicyclic) bond motifs is 8. The van der Waals surface area contributed by atoms with E-state index in [9.17, 15) is 4.79 Å². The van der Waals surface area contributed by atoms with Crippen LogP contribution >= 0.6 is 0 Å². The summed E-state index contributed by atoms with van der Waals surface area (Å²) >= 11 is 0. The maximum absolute atomic E-state index is 11.5. The van der Waals surface area contributed by atoms with Crippen LogP contribution in [0.2, 0.25) is 0 Å². The fraction of sp³-hybridized carbons (Fsp3) is 0.262.